The fourth-order valence-corrected chi connectivity index (χ4v) is 3.45. The van der Waals surface area contributed by atoms with Crippen molar-refractivity contribution in [3.05, 3.63) is 41.1 Å². The summed E-state index contributed by atoms with van der Waals surface area (Å²) < 4.78 is 21.5. The number of nitrogens with one attached hydrogen (secondary N) is 1. The average Bonchev–Trinajstić information content (AvgIpc) is 3.58. The normalized spacial score (nSPS) is 12.8. The predicted octanol–water partition coefficient (Wildman–Crippen LogP) is 3.78. The lowest BCUT2D eigenvalue weighted by Crippen LogP contribution is -2.06. The largest absolute Gasteiger partial charge is 0.495 e. The van der Waals surface area contributed by atoms with E-state index in [0.717, 1.165) is 23.8 Å². The summed E-state index contributed by atoms with van der Waals surface area (Å²) in [7, 11) is 6.10. The van der Waals surface area contributed by atoms with Crippen LogP contribution in [-0.2, 0) is 0 Å². The zero-order valence-electron chi connectivity index (χ0n) is 17.9. The fourth-order valence-electron chi connectivity index (χ4n) is 3.45. The van der Waals surface area contributed by atoms with E-state index < -0.39 is 0 Å². The van der Waals surface area contributed by atoms with E-state index in [0.29, 0.717) is 45.7 Å². The molecule has 160 valence electrons. The number of ketones is 1. The Morgan fingerprint density at radius 3 is 2.16 bits per heavy atom. The van der Waals surface area contributed by atoms with Crippen molar-refractivity contribution in [2.45, 2.75) is 12.8 Å². The molecule has 7 nitrogen and oxygen atoms in total. The maximum absolute atomic E-state index is 13.3. The van der Waals surface area contributed by atoms with Crippen molar-refractivity contribution >= 4 is 22.4 Å². The third kappa shape index (κ3) is 3.73. The highest BCUT2D eigenvalue weighted by Gasteiger charge is 2.23. The van der Waals surface area contributed by atoms with E-state index in [1.807, 2.05) is 12.1 Å². The van der Waals surface area contributed by atoms with Gasteiger partial charge in [0, 0.05) is 22.9 Å². The summed E-state index contributed by atoms with van der Waals surface area (Å²) in [6.45, 7) is 0. The molecule has 1 aliphatic carbocycles. The molecule has 1 aliphatic rings. The van der Waals surface area contributed by atoms with E-state index in [1.54, 1.807) is 19.2 Å². The number of fused-ring (bicyclic) bond motifs is 1. The molecule has 1 saturated carbocycles. The van der Waals surface area contributed by atoms with Crippen LogP contribution in [0.15, 0.2) is 24.3 Å². The van der Waals surface area contributed by atoms with Crippen molar-refractivity contribution in [3.8, 4) is 34.8 Å². The Morgan fingerprint density at radius 1 is 0.968 bits per heavy atom. The molecule has 0 amide bonds. The van der Waals surface area contributed by atoms with Gasteiger partial charge in [0.1, 0.15) is 11.4 Å². The van der Waals surface area contributed by atoms with Crippen molar-refractivity contribution in [1.29, 1.82) is 0 Å². The summed E-state index contributed by atoms with van der Waals surface area (Å²) >= 11 is 0. The predicted molar refractivity (Wildman–Crippen MR) is 118 cm³/mol. The van der Waals surface area contributed by atoms with Crippen LogP contribution in [0.5, 0.6) is 23.0 Å². The minimum Gasteiger partial charge on any atom is -0.495 e. The summed E-state index contributed by atoms with van der Waals surface area (Å²) in [6.07, 6.45) is 2.27. The van der Waals surface area contributed by atoms with Gasteiger partial charge in [-0.05, 0) is 31.0 Å². The van der Waals surface area contributed by atoms with Crippen LogP contribution in [0.25, 0.3) is 10.9 Å². The van der Waals surface area contributed by atoms with E-state index in [9.17, 15) is 4.79 Å². The highest BCUT2D eigenvalue weighted by molar-refractivity contribution is 6.16. The molecule has 4 rings (SSSR count). The van der Waals surface area contributed by atoms with Gasteiger partial charge < -0.3 is 29.7 Å². The Bertz CT molecular complexity index is 1200. The number of ether oxygens (including phenoxy) is 4. The van der Waals surface area contributed by atoms with E-state index >= 15 is 0 Å². The van der Waals surface area contributed by atoms with Gasteiger partial charge in [0.15, 0.2) is 11.5 Å². The first kappa shape index (κ1) is 20.5. The summed E-state index contributed by atoms with van der Waals surface area (Å²) in [6, 6.07) is 6.87. The Balaban J connectivity index is 1.80. The van der Waals surface area contributed by atoms with E-state index in [4.69, 9.17) is 24.7 Å². The molecular formula is C24H24N2O5. The molecule has 0 bridgehead atoms. The van der Waals surface area contributed by atoms with Gasteiger partial charge in [-0.15, -0.1) is 0 Å². The SMILES string of the molecule is COc1cc2[nH]c(C(=O)c3cc(OC)c(OC)c(OC)c3)c(N)c2cc1C#CC1CC1. The van der Waals surface area contributed by atoms with E-state index in [-0.39, 0.29) is 11.5 Å². The van der Waals surface area contributed by atoms with Crippen molar-refractivity contribution in [2.24, 2.45) is 5.92 Å². The quantitative estimate of drug-likeness (QED) is 0.465. The summed E-state index contributed by atoms with van der Waals surface area (Å²) in [5, 5.41) is 0.719. The van der Waals surface area contributed by atoms with Gasteiger partial charge in [0.2, 0.25) is 11.5 Å². The second-order valence-electron chi connectivity index (χ2n) is 7.30. The molecule has 7 heteroatoms. The van der Waals surface area contributed by atoms with Crippen LogP contribution in [0.2, 0.25) is 0 Å². The van der Waals surface area contributed by atoms with Crippen molar-refractivity contribution in [1.82, 2.24) is 4.98 Å². The summed E-state index contributed by atoms with van der Waals surface area (Å²) in [5.41, 5.74) is 8.80. The molecule has 1 aromatic heterocycles. The number of rotatable bonds is 6. The maximum atomic E-state index is 13.3. The van der Waals surface area contributed by atoms with Gasteiger partial charge in [0.25, 0.3) is 0 Å². The first-order valence-electron chi connectivity index (χ1n) is 9.86. The molecule has 3 N–H and O–H groups in total. The number of methoxy groups -OCH3 is 4. The molecule has 0 radical (unpaired) electrons. The van der Waals surface area contributed by atoms with Gasteiger partial charge in [-0.2, -0.15) is 0 Å². The first-order chi connectivity index (χ1) is 15.0. The number of hydrogen-bond donors (Lipinski definition) is 2. The second kappa shape index (κ2) is 8.15. The smallest absolute Gasteiger partial charge is 0.211 e. The number of carbonyl (C=O) groups is 1. The van der Waals surface area contributed by atoms with Crippen LogP contribution in [0, 0.1) is 17.8 Å². The summed E-state index contributed by atoms with van der Waals surface area (Å²) in [4.78, 5) is 16.4. The Labute approximate surface area is 180 Å². The summed E-state index contributed by atoms with van der Waals surface area (Å²) in [5.74, 6) is 8.40. The Kier molecular flexibility index (Phi) is 5.38. The monoisotopic (exact) mass is 420 g/mol. The van der Waals surface area contributed by atoms with Crippen molar-refractivity contribution < 1.29 is 23.7 Å². The Hall–Kier alpha value is -3.79. The molecular weight excluding hydrogens is 396 g/mol. The molecule has 31 heavy (non-hydrogen) atoms. The Morgan fingerprint density at radius 2 is 1.61 bits per heavy atom. The standard InChI is InChI=1S/C24H24N2O5/c1-28-18-12-17-16(9-14(18)8-7-13-5-6-13)21(25)22(26-17)23(27)15-10-19(29-2)24(31-4)20(11-15)30-3/h9-13,26H,5-6,25H2,1-4H3. The van der Waals surface area contributed by atoms with Crippen LogP contribution in [0.4, 0.5) is 5.69 Å². The number of carbonyl (C=O) groups excluding carboxylic acids is 1. The van der Waals surface area contributed by atoms with Crippen LogP contribution < -0.4 is 24.7 Å². The number of anilines is 1. The average molecular weight is 420 g/mol. The first-order valence-corrected chi connectivity index (χ1v) is 9.86. The fraction of sp³-hybridized carbons (Fsp3) is 0.292. The number of H-pyrrole nitrogens is 1. The van der Waals surface area contributed by atoms with Gasteiger partial charge >= 0.3 is 0 Å². The van der Waals surface area contributed by atoms with E-state index in [2.05, 4.69) is 16.8 Å². The molecule has 0 unspecified atom stereocenters. The number of hydrogen-bond acceptors (Lipinski definition) is 6. The number of aromatic amines is 1. The molecule has 1 heterocycles. The minimum absolute atomic E-state index is 0.277. The lowest BCUT2D eigenvalue weighted by molar-refractivity contribution is 0.103. The number of nitrogen functional groups attached to an aromatic ring is 1. The highest BCUT2D eigenvalue weighted by atomic mass is 16.5. The molecule has 0 aliphatic heterocycles. The third-order valence-corrected chi connectivity index (χ3v) is 5.30. The molecule has 0 atom stereocenters. The molecule has 0 saturated heterocycles. The topological polar surface area (TPSA) is 95.8 Å². The lowest BCUT2D eigenvalue weighted by Gasteiger charge is -2.13. The van der Waals surface area contributed by atoms with Crippen LogP contribution in [0.3, 0.4) is 0 Å². The number of nitrogens with two attached hydrogens (primary N) is 1. The van der Waals surface area contributed by atoms with Crippen molar-refractivity contribution in [3.63, 3.8) is 0 Å². The maximum Gasteiger partial charge on any atom is 0.211 e. The highest BCUT2D eigenvalue weighted by Crippen LogP contribution is 2.39. The van der Waals surface area contributed by atoms with Gasteiger partial charge in [-0.25, -0.2) is 0 Å². The van der Waals surface area contributed by atoms with Crippen LogP contribution >= 0.6 is 0 Å². The zero-order chi connectivity index (χ0) is 22.1. The number of benzene rings is 2. The molecule has 2 aromatic carbocycles. The second-order valence-corrected chi connectivity index (χ2v) is 7.30. The van der Waals surface area contributed by atoms with Gasteiger partial charge in [0.05, 0.1) is 45.2 Å². The van der Waals surface area contributed by atoms with E-state index in [1.165, 1.54) is 21.3 Å². The zero-order valence-corrected chi connectivity index (χ0v) is 17.9. The van der Waals surface area contributed by atoms with Crippen molar-refractivity contribution in [2.75, 3.05) is 34.2 Å². The molecule has 0 spiro atoms. The van der Waals surface area contributed by atoms with Gasteiger partial charge in [-0.1, -0.05) is 11.8 Å². The molecule has 1 fully saturated rings. The lowest BCUT2D eigenvalue weighted by atomic mass is 10.0. The third-order valence-electron chi connectivity index (χ3n) is 5.30. The minimum atomic E-state index is -0.294. The van der Waals surface area contributed by atoms with Crippen LogP contribution in [-0.4, -0.2) is 39.2 Å². The molecule has 3 aromatic rings. The number of aromatic nitrogens is 1. The van der Waals surface area contributed by atoms with Gasteiger partial charge in [-0.3, -0.25) is 4.79 Å². The van der Waals surface area contributed by atoms with Crippen LogP contribution in [0.1, 0.15) is 34.5 Å².